The summed E-state index contributed by atoms with van der Waals surface area (Å²) in [6.45, 7) is 0.654. The van der Waals surface area contributed by atoms with Crippen LogP contribution >= 0.6 is 0 Å². The second-order valence-electron chi connectivity index (χ2n) is 1.82. The van der Waals surface area contributed by atoms with Gasteiger partial charge in [-0.1, -0.05) is 24.3 Å². The molecule has 0 amide bonds. The van der Waals surface area contributed by atoms with Crippen molar-refractivity contribution in [3.8, 4) is 0 Å². The predicted molar refractivity (Wildman–Crippen MR) is 45.9 cm³/mol. The molecule has 0 aromatic heterocycles. The van der Waals surface area contributed by atoms with Crippen molar-refractivity contribution < 1.29 is 4.74 Å². The van der Waals surface area contributed by atoms with Crippen LogP contribution in [-0.2, 0) is 11.3 Å². The van der Waals surface area contributed by atoms with Crippen molar-refractivity contribution in [2.45, 2.75) is 6.61 Å². The van der Waals surface area contributed by atoms with Gasteiger partial charge in [0.05, 0.1) is 6.61 Å². The second-order valence-corrected chi connectivity index (χ2v) is 1.82. The van der Waals surface area contributed by atoms with E-state index in [4.69, 9.17) is 4.74 Å². The Bertz CT molecular complexity index is 162. The molecule has 0 aliphatic rings. The van der Waals surface area contributed by atoms with Gasteiger partial charge in [-0.25, -0.2) is 0 Å². The van der Waals surface area contributed by atoms with Gasteiger partial charge in [0, 0.05) is 7.11 Å². The first-order valence-electron chi connectivity index (χ1n) is 2.88. The van der Waals surface area contributed by atoms with Crippen LogP contribution in [0.4, 0.5) is 0 Å². The van der Waals surface area contributed by atoms with E-state index in [9.17, 15) is 0 Å². The molecule has 55 valence electrons. The van der Waals surface area contributed by atoms with Crippen molar-refractivity contribution in [2.75, 3.05) is 7.11 Å². The minimum absolute atomic E-state index is 0. The normalized spacial score (nSPS) is 8.50. The number of methoxy groups -OCH3 is 1. The van der Waals surface area contributed by atoms with E-state index in [0.29, 0.717) is 6.61 Å². The number of rotatable bonds is 2. The quantitative estimate of drug-likeness (QED) is 0.714. The zero-order valence-corrected chi connectivity index (χ0v) is 11.6. The zero-order chi connectivity index (χ0) is 6.53. The molecule has 0 aliphatic carbocycles. The summed E-state index contributed by atoms with van der Waals surface area (Å²) in [5, 5.41) is 0. The van der Waals surface area contributed by atoms with E-state index in [0.717, 1.165) is 5.56 Å². The molecule has 10 heavy (non-hydrogen) atoms. The molecule has 1 radical (unpaired) electrons. The van der Waals surface area contributed by atoms with Crippen LogP contribution in [0.5, 0.6) is 0 Å². The first-order chi connectivity index (χ1) is 4.43. The standard InChI is InChI=1S/C8H9O.Bi.3H/c1-9-7-8-5-3-2-4-6-8;;;;/h2-5H,7H2,1H3;;;;. The van der Waals surface area contributed by atoms with Crippen LogP contribution in [0.3, 0.4) is 0 Å². The summed E-state index contributed by atoms with van der Waals surface area (Å²) < 4.78 is 4.90. The van der Waals surface area contributed by atoms with Crippen molar-refractivity contribution in [1.29, 1.82) is 0 Å². The van der Waals surface area contributed by atoms with Crippen molar-refractivity contribution in [1.82, 2.24) is 0 Å². The van der Waals surface area contributed by atoms with Gasteiger partial charge in [-0.15, -0.1) is 0 Å². The molecule has 1 aromatic carbocycles. The van der Waals surface area contributed by atoms with Crippen LogP contribution in [0.15, 0.2) is 24.3 Å². The average molecular weight is 333 g/mol. The van der Waals surface area contributed by atoms with Crippen LogP contribution in [0.2, 0.25) is 0 Å². The van der Waals surface area contributed by atoms with E-state index in [1.165, 1.54) is 0 Å². The minimum atomic E-state index is 0. The molecule has 0 saturated carbocycles. The molecule has 0 spiro atoms. The fourth-order valence-electron chi connectivity index (χ4n) is 0.676. The van der Waals surface area contributed by atoms with Gasteiger partial charge in [0.1, 0.15) is 0 Å². The second kappa shape index (κ2) is 5.82. The summed E-state index contributed by atoms with van der Waals surface area (Å²) in [7, 11) is 1.68. The maximum absolute atomic E-state index is 4.90. The molecule has 0 fully saturated rings. The van der Waals surface area contributed by atoms with E-state index in [2.05, 4.69) is 6.07 Å². The summed E-state index contributed by atoms with van der Waals surface area (Å²) in [6, 6.07) is 10.8. The Morgan fingerprint density at radius 2 is 2.30 bits per heavy atom. The van der Waals surface area contributed by atoms with E-state index in [1.807, 2.05) is 24.3 Å². The molecule has 0 saturated heterocycles. The van der Waals surface area contributed by atoms with E-state index in [-0.39, 0.29) is 26.2 Å². The predicted octanol–water partition coefficient (Wildman–Crippen LogP) is 0.449. The Labute approximate surface area is 80.5 Å². The number of ether oxygens (including phenoxy) is 1. The molecule has 1 rings (SSSR count). The van der Waals surface area contributed by atoms with E-state index in [1.54, 1.807) is 7.11 Å². The molecule has 1 nitrogen and oxygen atoms in total. The number of hydrogen-bond donors (Lipinski definition) is 0. The Morgan fingerprint density at radius 1 is 1.50 bits per heavy atom. The summed E-state index contributed by atoms with van der Waals surface area (Å²) in [6.07, 6.45) is 0. The van der Waals surface area contributed by atoms with Gasteiger partial charge in [-0.2, -0.15) is 0 Å². The topological polar surface area (TPSA) is 9.23 Å². The molecule has 0 unspecified atom stereocenters. The third-order valence-electron chi connectivity index (χ3n) is 1.07. The summed E-state index contributed by atoms with van der Waals surface area (Å²) in [5.74, 6) is 0. The third kappa shape index (κ3) is 3.29. The van der Waals surface area contributed by atoms with Gasteiger partial charge >= 0.3 is 26.2 Å². The third-order valence-corrected chi connectivity index (χ3v) is 1.07. The molecule has 1 aromatic rings. The Kier molecular flexibility index (Phi) is 5.86. The van der Waals surface area contributed by atoms with Gasteiger partial charge in [-0.3, -0.25) is 0 Å². The van der Waals surface area contributed by atoms with Crippen molar-refractivity contribution in [2.24, 2.45) is 0 Å². The maximum atomic E-state index is 4.90. The van der Waals surface area contributed by atoms with Crippen molar-refractivity contribution in [3.63, 3.8) is 0 Å². The Balaban J connectivity index is 0.000000810. The van der Waals surface area contributed by atoms with E-state index >= 15 is 0 Å². The van der Waals surface area contributed by atoms with Gasteiger partial charge in [0.15, 0.2) is 0 Å². The monoisotopic (exact) mass is 333 g/mol. The average Bonchev–Trinajstić information content (AvgIpc) is 1.91. The summed E-state index contributed by atoms with van der Waals surface area (Å²) in [4.78, 5) is 0. The van der Waals surface area contributed by atoms with Crippen LogP contribution in [0.1, 0.15) is 5.56 Å². The summed E-state index contributed by atoms with van der Waals surface area (Å²) >= 11 is 0. The molecule has 0 N–H and O–H groups in total. The van der Waals surface area contributed by atoms with Crippen LogP contribution in [0.25, 0.3) is 0 Å². The van der Waals surface area contributed by atoms with Crippen LogP contribution in [-0.4, -0.2) is 33.3 Å². The first-order valence-corrected chi connectivity index (χ1v) is 2.88. The Hall–Kier alpha value is 0.0631. The number of benzene rings is 1. The van der Waals surface area contributed by atoms with Crippen LogP contribution < -0.4 is 0 Å². The Morgan fingerprint density at radius 3 is 2.80 bits per heavy atom. The van der Waals surface area contributed by atoms with Gasteiger partial charge < -0.3 is 4.74 Å². The fraction of sp³-hybridized carbons (Fsp3) is 0.250. The molecule has 0 atom stereocenters. The number of hydrogen-bond acceptors (Lipinski definition) is 1. The first kappa shape index (κ1) is 10.1. The molecular weight excluding hydrogens is 321 g/mol. The fourth-order valence-corrected chi connectivity index (χ4v) is 0.676. The molecule has 0 aliphatic heterocycles. The van der Waals surface area contributed by atoms with Crippen molar-refractivity contribution in [3.05, 3.63) is 35.9 Å². The van der Waals surface area contributed by atoms with Crippen molar-refractivity contribution >= 4 is 26.2 Å². The van der Waals surface area contributed by atoms with Gasteiger partial charge in [0.2, 0.25) is 0 Å². The molecule has 2 heteroatoms. The molecule has 0 bridgehead atoms. The molecule has 0 heterocycles. The van der Waals surface area contributed by atoms with Gasteiger partial charge in [0.25, 0.3) is 0 Å². The van der Waals surface area contributed by atoms with Crippen LogP contribution in [0, 0.1) is 6.07 Å². The van der Waals surface area contributed by atoms with E-state index < -0.39 is 0 Å². The van der Waals surface area contributed by atoms with Gasteiger partial charge in [-0.05, 0) is 11.6 Å². The zero-order valence-electron chi connectivity index (χ0n) is 6.13. The molecular formula is C8H12BiO. The summed E-state index contributed by atoms with van der Waals surface area (Å²) in [5.41, 5.74) is 1.10. The SMILES string of the molecule is COCc1[c]cccc1.[BiH3].